The molecule has 0 unspecified atom stereocenters. The van der Waals surface area contributed by atoms with E-state index in [1.54, 1.807) is 7.11 Å². The molecule has 1 heterocycles. The fraction of sp³-hybridized carbons (Fsp3) is 0.200. The van der Waals surface area contributed by atoms with Crippen LogP contribution in [0.3, 0.4) is 0 Å². The topological polar surface area (TPSA) is 101 Å². The van der Waals surface area contributed by atoms with Crippen LogP contribution in [0.1, 0.15) is 12.8 Å². The first-order chi connectivity index (χ1) is 10.6. The van der Waals surface area contributed by atoms with Crippen molar-refractivity contribution in [2.24, 2.45) is 0 Å². The molecule has 1 aromatic heterocycles. The molecule has 0 bridgehead atoms. The molecular weight excluding hydrogens is 286 g/mol. The van der Waals surface area contributed by atoms with Crippen molar-refractivity contribution in [3.63, 3.8) is 0 Å². The van der Waals surface area contributed by atoms with Gasteiger partial charge in [-0.05, 0) is 24.3 Å². The lowest BCUT2D eigenvalue weighted by atomic mass is 10.1. The summed E-state index contributed by atoms with van der Waals surface area (Å²) in [7, 11) is 1.59. The lowest BCUT2D eigenvalue weighted by Gasteiger charge is -2.05. The zero-order valence-corrected chi connectivity index (χ0v) is 11.9. The monoisotopic (exact) mass is 301 g/mol. The largest absolute Gasteiger partial charge is 0.497 e. The van der Waals surface area contributed by atoms with Gasteiger partial charge < -0.3 is 15.2 Å². The number of carboxylic acids is 1. The van der Waals surface area contributed by atoms with Crippen LogP contribution in [0.2, 0.25) is 0 Å². The molecule has 0 aliphatic carbocycles. The second kappa shape index (κ2) is 7.16. The average Bonchev–Trinajstić information content (AvgIpc) is 2.54. The van der Waals surface area contributed by atoms with Gasteiger partial charge in [0.25, 0.3) is 0 Å². The molecule has 1 amide bonds. The van der Waals surface area contributed by atoms with Crippen molar-refractivity contribution in [3.8, 4) is 17.0 Å². The van der Waals surface area contributed by atoms with Crippen LogP contribution >= 0.6 is 0 Å². The Morgan fingerprint density at radius 2 is 1.86 bits per heavy atom. The fourth-order valence-electron chi connectivity index (χ4n) is 1.73. The number of hydrogen-bond acceptors (Lipinski definition) is 5. The number of nitrogens with one attached hydrogen (secondary N) is 1. The third-order valence-electron chi connectivity index (χ3n) is 2.87. The molecule has 0 saturated heterocycles. The first-order valence-electron chi connectivity index (χ1n) is 6.56. The molecule has 114 valence electrons. The lowest BCUT2D eigenvalue weighted by Crippen LogP contribution is -2.14. The molecular formula is C15H15N3O4. The van der Waals surface area contributed by atoms with E-state index in [0.717, 1.165) is 11.3 Å². The normalized spacial score (nSPS) is 10.0. The van der Waals surface area contributed by atoms with Gasteiger partial charge in [0.2, 0.25) is 5.91 Å². The van der Waals surface area contributed by atoms with Crippen LogP contribution < -0.4 is 10.1 Å². The number of amides is 1. The highest BCUT2D eigenvalue weighted by Crippen LogP contribution is 2.20. The van der Waals surface area contributed by atoms with Gasteiger partial charge in [0.15, 0.2) is 5.82 Å². The maximum absolute atomic E-state index is 11.5. The van der Waals surface area contributed by atoms with Crippen LogP contribution in [0.15, 0.2) is 36.7 Å². The number of rotatable bonds is 6. The first-order valence-corrected chi connectivity index (χ1v) is 6.56. The van der Waals surface area contributed by atoms with Gasteiger partial charge in [0, 0.05) is 12.0 Å². The Bertz CT molecular complexity index is 653. The summed E-state index contributed by atoms with van der Waals surface area (Å²) in [6, 6.07) is 7.35. The molecule has 0 atom stereocenters. The maximum Gasteiger partial charge on any atom is 0.303 e. The van der Waals surface area contributed by atoms with Gasteiger partial charge in [-0.2, -0.15) is 0 Å². The Hall–Kier alpha value is -2.96. The van der Waals surface area contributed by atoms with Gasteiger partial charge in [-0.1, -0.05) is 0 Å². The van der Waals surface area contributed by atoms with E-state index in [1.165, 1.54) is 12.4 Å². The number of ether oxygens (including phenoxy) is 1. The summed E-state index contributed by atoms with van der Waals surface area (Å²) in [5.74, 6) is -0.392. The first kappa shape index (κ1) is 15.4. The molecule has 0 spiro atoms. The zero-order valence-electron chi connectivity index (χ0n) is 11.9. The SMILES string of the molecule is COc1ccc(-c2cnc(NC(=O)CCC(=O)O)cn2)cc1. The summed E-state index contributed by atoms with van der Waals surface area (Å²) in [4.78, 5) is 30.2. The Morgan fingerprint density at radius 1 is 1.14 bits per heavy atom. The molecule has 2 N–H and O–H groups in total. The number of benzene rings is 1. The summed E-state index contributed by atoms with van der Waals surface area (Å²) < 4.78 is 5.08. The van der Waals surface area contributed by atoms with Crippen LogP contribution in [0.4, 0.5) is 5.82 Å². The molecule has 0 fully saturated rings. The Labute approximate surface area is 127 Å². The molecule has 7 nitrogen and oxygen atoms in total. The molecule has 2 aromatic rings. The molecule has 1 aromatic carbocycles. The van der Waals surface area contributed by atoms with Gasteiger partial charge in [-0.15, -0.1) is 0 Å². The Balaban J connectivity index is 2.00. The fourth-order valence-corrected chi connectivity index (χ4v) is 1.73. The summed E-state index contributed by atoms with van der Waals surface area (Å²) in [5, 5.41) is 11.0. The smallest absolute Gasteiger partial charge is 0.303 e. The highest BCUT2D eigenvalue weighted by molar-refractivity contribution is 5.91. The number of hydrogen-bond donors (Lipinski definition) is 2. The van der Waals surface area contributed by atoms with E-state index in [0.29, 0.717) is 5.69 Å². The summed E-state index contributed by atoms with van der Waals surface area (Å²) >= 11 is 0. The number of aromatic nitrogens is 2. The summed E-state index contributed by atoms with van der Waals surface area (Å²) in [6.07, 6.45) is 2.65. The van der Waals surface area contributed by atoms with E-state index in [-0.39, 0.29) is 18.7 Å². The minimum absolute atomic E-state index is 0.1000. The van der Waals surface area contributed by atoms with Gasteiger partial charge in [0.1, 0.15) is 5.75 Å². The van der Waals surface area contributed by atoms with Crippen molar-refractivity contribution in [1.82, 2.24) is 9.97 Å². The van der Waals surface area contributed by atoms with E-state index < -0.39 is 11.9 Å². The van der Waals surface area contributed by atoms with Crippen molar-refractivity contribution in [2.45, 2.75) is 12.8 Å². The number of carbonyl (C=O) groups excluding carboxylic acids is 1. The van der Waals surface area contributed by atoms with Crippen molar-refractivity contribution < 1.29 is 19.4 Å². The molecule has 0 aliphatic rings. The maximum atomic E-state index is 11.5. The standard InChI is InChI=1S/C15H15N3O4/c1-22-11-4-2-10(3-5-11)12-8-17-13(9-16-12)18-14(19)6-7-15(20)21/h2-5,8-9H,6-7H2,1H3,(H,20,21)(H,17,18,19). The molecule has 7 heteroatoms. The summed E-state index contributed by atoms with van der Waals surface area (Å²) in [6.45, 7) is 0. The van der Waals surface area contributed by atoms with Gasteiger partial charge in [-0.3, -0.25) is 14.6 Å². The second-order valence-corrected chi connectivity index (χ2v) is 4.46. The minimum atomic E-state index is -1.02. The lowest BCUT2D eigenvalue weighted by molar-refractivity contribution is -0.138. The van der Waals surface area contributed by atoms with Gasteiger partial charge in [0.05, 0.1) is 31.6 Å². The van der Waals surface area contributed by atoms with Crippen LogP contribution in [-0.4, -0.2) is 34.1 Å². The van der Waals surface area contributed by atoms with Crippen LogP contribution in [0.5, 0.6) is 5.75 Å². The van der Waals surface area contributed by atoms with E-state index in [2.05, 4.69) is 15.3 Å². The number of aliphatic carboxylic acids is 1. The second-order valence-electron chi connectivity index (χ2n) is 4.46. The zero-order chi connectivity index (χ0) is 15.9. The van der Waals surface area contributed by atoms with Crippen LogP contribution in [0, 0.1) is 0 Å². The average molecular weight is 301 g/mol. The van der Waals surface area contributed by atoms with Gasteiger partial charge in [-0.25, -0.2) is 4.98 Å². The van der Waals surface area contributed by atoms with E-state index in [1.807, 2.05) is 24.3 Å². The number of carboxylic acid groups (broad SMARTS) is 1. The van der Waals surface area contributed by atoms with Crippen molar-refractivity contribution in [1.29, 1.82) is 0 Å². The molecule has 22 heavy (non-hydrogen) atoms. The number of nitrogens with zero attached hydrogens (tertiary/aromatic N) is 2. The molecule has 0 radical (unpaired) electrons. The number of carbonyl (C=O) groups is 2. The van der Waals surface area contributed by atoms with Crippen LogP contribution in [0.25, 0.3) is 11.3 Å². The van der Waals surface area contributed by atoms with E-state index in [4.69, 9.17) is 9.84 Å². The van der Waals surface area contributed by atoms with E-state index >= 15 is 0 Å². The van der Waals surface area contributed by atoms with Crippen LogP contribution in [-0.2, 0) is 9.59 Å². The summed E-state index contributed by atoms with van der Waals surface area (Å²) in [5.41, 5.74) is 1.53. The van der Waals surface area contributed by atoms with Crippen molar-refractivity contribution >= 4 is 17.7 Å². The van der Waals surface area contributed by atoms with Crippen molar-refractivity contribution in [3.05, 3.63) is 36.7 Å². The predicted molar refractivity (Wildman–Crippen MR) is 79.5 cm³/mol. The number of methoxy groups -OCH3 is 1. The molecule has 0 aliphatic heterocycles. The Kier molecular flexibility index (Phi) is 5.02. The molecule has 2 rings (SSSR count). The number of anilines is 1. The highest BCUT2D eigenvalue weighted by atomic mass is 16.5. The van der Waals surface area contributed by atoms with E-state index in [9.17, 15) is 9.59 Å². The molecule has 0 saturated carbocycles. The Morgan fingerprint density at radius 3 is 2.41 bits per heavy atom. The predicted octanol–water partition coefficient (Wildman–Crippen LogP) is 1.96. The minimum Gasteiger partial charge on any atom is -0.497 e. The third kappa shape index (κ3) is 4.27. The van der Waals surface area contributed by atoms with Gasteiger partial charge >= 0.3 is 5.97 Å². The highest BCUT2D eigenvalue weighted by Gasteiger charge is 2.07. The van der Waals surface area contributed by atoms with Crippen molar-refractivity contribution in [2.75, 3.05) is 12.4 Å². The quantitative estimate of drug-likeness (QED) is 0.845. The third-order valence-corrected chi connectivity index (χ3v) is 2.87.